The van der Waals surface area contributed by atoms with Crippen molar-refractivity contribution in [3.63, 3.8) is 0 Å². The zero-order valence-electron chi connectivity index (χ0n) is 9.38. The first kappa shape index (κ1) is 10.4. The Bertz CT molecular complexity index is 378. The summed E-state index contributed by atoms with van der Waals surface area (Å²) in [6.45, 7) is 4.17. The lowest BCUT2D eigenvalue weighted by Crippen LogP contribution is -2.17. The van der Waals surface area contributed by atoms with Crippen LogP contribution in [0.4, 0.5) is 4.39 Å². The number of halogens is 1. The highest BCUT2D eigenvalue weighted by molar-refractivity contribution is 5.44. The second-order valence-corrected chi connectivity index (χ2v) is 4.04. The van der Waals surface area contributed by atoms with Crippen LogP contribution in [0.5, 0.6) is 5.75 Å². The van der Waals surface area contributed by atoms with Crippen molar-refractivity contribution in [3.05, 3.63) is 28.8 Å². The highest BCUT2D eigenvalue weighted by Crippen LogP contribution is 2.39. The molecular weight excluding hydrogens is 193 g/mol. The summed E-state index contributed by atoms with van der Waals surface area (Å²) in [5.74, 6) is 0.655. The van der Waals surface area contributed by atoms with E-state index in [0.717, 1.165) is 12.8 Å². The van der Waals surface area contributed by atoms with Crippen LogP contribution in [0.1, 0.15) is 36.3 Å². The number of fused-ring (bicyclic) bond motifs is 1. The summed E-state index contributed by atoms with van der Waals surface area (Å²) in [4.78, 5) is 5.29. The fraction of sp³-hybridized carbons (Fsp3) is 0.500. The number of nitrogens with zero attached hydrogens (tertiary/aromatic N) is 1. The third-order valence-electron chi connectivity index (χ3n) is 2.81. The molecule has 0 radical (unpaired) electrons. The normalized spacial score (nSPS) is 20.1. The van der Waals surface area contributed by atoms with Gasteiger partial charge in [-0.25, -0.2) is 4.39 Å². The summed E-state index contributed by atoms with van der Waals surface area (Å²) < 4.78 is 13.7. The van der Waals surface area contributed by atoms with Gasteiger partial charge in [-0.15, -0.1) is 5.06 Å². The van der Waals surface area contributed by atoms with Crippen LogP contribution in [0.15, 0.2) is 12.1 Å². The van der Waals surface area contributed by atoms with Gasteiger partial charge < -0.3 is 4.84 Å². The second kappa shape index (κ2) is 3.81. The lowest BCUT2D eigenvalue weighted by Gasteiger charge is -2.08. The molecule has 1 atom stereocenters. The number of alkyl halides is 1. The van der Waals surface area contributed by atoms with Crippen LogP contribution in [0, 0.1) is 6.92 Å². The van der Waals surface area contributed by atoms with E-state index < -0.39 is 6.30 Å². The van der Waals surface area contributed by atoms with Gasteiger partial charge in [-0.3, -0.25) is 0 Å². The fourth-order valence-electron chi connectivity index (χ4n) is 1.95. The molecule has 0 spiro atoms. The van der Waals surface area contributed by atoms with E-state index in [1.54, 1.807) is 7.05 Å². The van der Waals surface area contributed by atoms with E-state index in [-0.39, 0.29) is 0 Å². The monoisotopic (exact) mass is 209 g/mol. The largest absolute Gasteiger partial charge is 0.403 e. The van der Waals surface area contributed by atoms with Gasteiger partial charge in [-0.2, -0.15) is 0 Å². The molecule has 0 bridgehead atoms. The molecule has 3 heteroatoms. The van der Waals surface area contributed by atoms with Gasteiger partial charge in [0.1, 0.15) is 0 Å². The summed E-state index contributed by atoms with van der Waals surface area (Å²) in [5.41, 5.74) is 3.06. The summed E-state index contributed by atoms with van der Waals surface area (Å²) in [6.07, 6.45) is 0.944. The molecule has 2 nitrogen and oxygen atoms in total. The Hall–Kier alpha value is -1.09. The van der Waals surface area contributed by atoms with Crippen LogP contribution < -0.4 is 4.84 Å². The Kier molecular flexibility index (Phi) is 2.65. The smallest absolute Gasteiger partial charge is 0.213 e. The van der Waals surface area contributed by atoms with Crippen molar-refractivity contribution < 1.29 is 9.23 Å². The molecule has 0 N–H and O–H groups in total. The predicted octanol–water partition coefficient (Wildman–Crippen LogP) is 3.15. The van der Waals surface area contributed by atoms with Crippen LogP contribution in [0.2, 0.25) is 0 Å². The second-order valence-electron chi connectivity index (χ2n) is 4.04. The third kappa shape index (κ3) is 1.72. The molecule has 1 aliphatic rings. The van der Waals surface area contributed by atoms with E-state index in [4.69, 9.17) is 4.84 Å². The molecule has 0 aliphatic carbocycles. The van der Waals surface area contributed by atoms with Crippen molar-refractivity contribution in [2.45, 2.75) is 33.0 Å². The number of hydroxylamine groups is 2. The summed E-state index contributed by atoms with van der Waals surface area (Å²) in [5, 5.41) is 1.25. The maximum atomic E-state index is 13.7. The molecule has 1 unspecified atom stereocenters. The molecule has 15 heavy (non-hydrogen) atoms. The van der Waals surface area contributed by atoms with Gasteiger partial charge in [0.05, 0.1) is 0 Å². The lowest BCUT2D eigenvalue weighted by atomic mass is 10.0. The molecule has 1 aliphatic heterocycles. The van der Waals surface area contributed by atoms with E-state index in [1.165, 1.54) is 16.2 Å². The van der Waals surface area contributed by atoms with Crippen LogP contribution in [-0.4, -0.2) is 12.1 Å². The van der Waals surface area contributed by atoms with Gasteiger partial charge in [0.2, 0.25) is 6.30 Å². The quantitative estimate of drug-likeness (QED) is 0.694. The van der Waals surface area contributed by atoms with Crippen molar-refractivity contribution in [1.82, 2.24) is 5.06 Å². The van der Waals surface area contributed by atoms with Crippen LogP contribution in [0.3, 0.4) is 0 Å². The minimum absolute atomic E-state index is 0.655. The Labute approximate surface area is 89.6 Å². The maximum absolute atomic E-state index is 13.7. The minimum Gasteiger partial charge on any atom is -0.403 e. The Morgan fingerprint density at radius 2 is 2.20 bits per heavy atom. The summed E-state index contributed by atoms with van der Waals surface area (Å²) in [6, 6.07) is 3.86. The Morgan fingerprint density at radius 1 is 1.47 bits per heavy atom. The highest BCUT2D eigenvalue weighted by atomic mass is 19.1. The number of aryl methyl sites for hydroxylation is 2. The number of hydrogen-bond donors (Lipinski definition) is 0. The molecular formula is C12H16FNO. The van der Waals surface area contributed by atoms with Gasteiger partial charge in [0.15, 0.2) is 5.75 Å². The molecule has 1 heterocycles. The third-order valence-corrected chi connectivity index (χ3v) is 2.81. The average molecular weight is 209 g/mol. The molecule has 1 aromatic rings. The maximum Gasteiger partial charge on any atom is 0.213 e. The van der Waals surface area contributed by atoms with Crippen molar-refractivity contribution >= 4 is 0 Å². The predicted molar refractivity (Wildman–Crippen MR) is 57.4 cm³/mol. The number of benzene rings is 1. The van der Waals surface area contributed by atoms with Crippen LogP contribution in [-0.2, 0) is 6.42 Å². The first-order valence-electron chi connectivity index (χ1n) is 5.31. The molecule has 0 saturated heterocycles. The molecule has 0 saturated carbocycles. The number of rotatable bonds is 2. The lowest BCUT2D eigenvalue weighted by molar-refractivity contribution is -0.0903. The molecule has 82 valence electrons. The standard InChI is InChI=1S/C12H16FNO/c1-4-5-9-7-10-11(6-8(9)2)15-14(3)12(10)13/h6-7,12H,4-5H2,1-3H3. The Balaban J connectivity index is 2.41. The van der Waals surface area contributed by atoms with Crippen molar-refractivity contribution in [2.24, 2.45) is 0 Å². The van der Waals surface area contributed by atoms with Gasteiger partial charge >= 0.3 is 0 Å². The van der Waals surface area contributed by atoms with Gasteiger partial charge in [-0.05, 0) is 36.6 Å². The Morgan fingerprint density at radius 3 is 2.87 bits per heavy atom. The zero-order valence-corrected chi connectivity index (χ0v) is 9.38. The molecule has 0 aromatic heterocycles. The van der Waals surface area contributed by atoms with Crippen molar-refractivity contribution in [1.29, 1.82) is 0 Å². The van der Waals surface area contributed by atoms with Gasteiger partial charge in [-0.1, -0.05) is 13.3 Å². The van der Waals surface area contributed by atoms with Gasteiger partial charge in [0.25, 0.3) is 0 Å². The van der Waals surface area contributed by atoms with Crippen molar-refractivity contribution in [2.75, 3.05) is 7.05 Å². The molecule has 0 fully saturated rings. The molecule has 1 aromatic carbocycles. The fourth-order valence-corrected chi connectivity index (χ4v) is 1.95. The van der Waals surface area contributed by atoms with Gasteiger partial charge in [0, 0.05) is 12.6 Å². The van der Waals surface area contributed by atoms with E-state index in [9.17, 15) is 4.39 Å². The first-order valence-corrected chi connectivity index (χ1v) is 5.31. The van der Waals surface area contributed by atoms with E-state index in [0.29, 0.717) is 11.3 Å². The topological polar surface area (TPSA) is 12.5 Å². The molecule has 0 amide bonds. The zero-order chi connectivity index (χ0) is 11.0. The van der Waals surface area contributed by atoms with E-state index >= 15 is 0 Å². The van der Waals surface area contributed by atoms with E-state index in [1.807, 2.05) is 19.1 Å². The van der Waals surface area contributed by atoms with Crippen LogP contribution >= 0.6 is 0 Å². The van der Waals surface area contributed by atoms with Crippen LogP contribution in [0.25, 0.3) is 0 Å². The molecule has 2 rings (SSSR count). The summed E-state index contributed by atoms with van der Waals surface area (Å²) >= 11 is 0. The van der Waals surface area contributed by atoms with Crippen molar-refractivity contribution in [3.8, 4) is 5.75 Å². The highest BCUT2D eigenvalue weighted by Gasteiger charge is 2.30. The number of hydrogen-bond acceptors (Lipinski definition) is 2. The average Bonchev–Trinajstić information content (AvgIpc) is 2.45. The minimum atomic E-state index is -1.13. The first-order chi connectivity index (χ1) is 7.13. The summed E-state index contributed by atoms with van der Waals surface area (Å²) in [7, 11) is 1.61. The SMILES string of the molecule is CCCc1cc2c(cc1C)ON(C)C2F. The van der Waals surface area contributed by atoms with E-state index in [2.05, 4.69) is 6.92 Å².